The normalized spacial score (nSPS) is 10.5. The molecular weight excluding hydrogens is 390 g/mol. The molecule has 2 aromatic carbocycles. The summed E-state index contributed by atoms with van der Waals surface area (Å²) in [6, 6.07) is 14.9. The van der Waals surface area contributed by atoms with Gasteiger partial charge in [0.1, 0.15) is 6.07 Å². The molecule has 4 nitrogen and oxygen atoms in total. The molecular formula is C18H17BrClN3O. The Labute approximate surface area is 155 Å². The van der Waals surface area contributed by atoms with E-state index in [9.17, 15) is 4.79 Å². The van der Waals surface area contributed by atoms with Crippen LogP contribution in [0.4, 0.5) is 5.69 Å². The Morgan fingerprint density at radius 2 is 2.08 bits per heavy atom. The van der Waals surface area contributed by atoms with Gasteiger partial charge in [-0.2, -0.15) is 5.26 Å². The molecule has 0 saturated carbocycles. The van der Waals surface area contributed by atoms with Crippen LogP contribution in [0.15, 0.2) is 46.9 Å². The highest BCUT2D eigenvalue weighted by Gasteiger charge is 2.08. The van der Waals surface area contributed by atoms with E-state index in [1.807, 2.05) is 31.3 Å². The van der Waals surface area contributed by atoms with Crippen LogP contribution in [0.2, 0.25) is 5.02 Å². The van der Waals surface area contributed by atoms with Gasteiger partial charge in [-0.15, -0.1) is 0 Å². The fourth-order valence-electron chi connectivity index (χ4n) is 2.20. The molecule has 0 bridgehead atoms. The lowest BCUT2D eigenvalue weighted by Gasteiger charge is -2.17. The lowest BCUT2D eigenvalue weighted by atomic mass is 10.2. The summed E-state index contributed by atoms with van der Waals surface area (Å²) in [5.74, 6) is -0.0882. The number of carbonyl (C=O) groups excluding carboxylic acids is 1. The van der Waals surface area contributed by atoms with Crippen LogP contribution in [0.3, 0.4) is 0 Å². The van der Waals surface area contributed by atoms with Gasteiger partial charge >= 0.3 is 0 Å². The van der Waals surface area contributed by atoms with Gasteiger partial charge in [0.25, 0.3) is 0 Å². The van der Waals surface area contributed by atoms with E-state index in [0.29, 0.717) is 29.2 Å². The Bertz CT molecular complexity index is 773. The van der Waals surface area contributed by atoms with E-state index in [-0.39, 0.29) is 5.91 Å². The number of halogens is 2. The van der Waals surface area contributed by atoms with Crippen LogP contribution in [0, 0.1) is 11.3 Å². The molecule has 24 heavy (non-hydrogen) atoms. The van der Waals surface area contributed by atoms with E-state index in [2.05, 4.69) is 32.2 Å². The van der Waals surface area contributed by atoms with E-state index < -0.39 is 0 Å². The second kappa shape index (κ2) is 8.84. The minimum absolute atomic E-state index is 0.0882. The van der Waals surface area contributed by atoms with Gasteiger partial charge in [-0.1, -0.05) is 45.7 Å². The first-order valence-corrected chi connectivity index (χ1v) is 8.58. The number of rotatable bonds is 6. The predicted molar refractivity (Wildman–Crippen MR) is 99.9 cm³/mol. The van der Waals surface area contributed by atoms with E-state index in [1.54, 1.807) is 18.2 Å². The minimum atomic E-state index is -0.0882. The van der Waals surface area contributed by atoms with Crippen molar-refractivity contribution in [1.29, 1.82) is 5.26 Å². The number of hydrogen-bond donors (Lipinski definition) is 1. The number of nitrogens with one attached hydrogen (secondary N) is 1. The highest BCUT2D eigenvalue weighted by atomic mass is 79.9. The first-order chi connectivity index (χ1) is 11.5. The van der Waals surface area contributed by atoms with Crippen molar-refractivity contribution in [3.63, 3.8) is 0 Å². The minimum Gasteiger partial charge on any atom is -0.326 e. The summed E-state index contributed by atoms with van der Waals surface area (Å²) in [5, 5.41) is 12.0. The van der Waals surface area contributed by atoms with E-state index in [0.717, 1.165) is 11.0 Å². The van der Waals surface area contributed by atoms with Crippen LogP contribution in [-0.4, -0.2) is 24.4 Å². The van der Waals surface area contributed by atoms with E-state index in [4.69, 9.17) is 16.9 Å². The highest BCUT2D eigenvalue weighted by Crippen LogP contribution is 2.20. The van der Waals surface area contributed by atoms with E-state index >= 15 is 0 Å². The summed E-state index contributed by atoms with van der Waals surface area (Å²) in [7, 11) is 1.98. The topological polar surface area (TPSA) is 56.1 Å². The SMILES string of the molecule is CN(CCC(=O)Nc1ccc(C#N)c(Cl)c1)Cc1ccccc1Br. The number of hydrogen-bond acceptors (Lipinski definition) is 3. The first kappa shape index (κ1) is 18.5. The zero-order valence-electron chi connectivity index (χ0n) is 13.2. The molecule has 2 aromatic rings. The van der Waals surface area contributed by atoms with Crippen molar-refractivity contribution in [2.75, 3.05) is 18.9 Å². The maximum absolute atomic E-state index is 12.0. The van der Waals surface area contributed by atoms with Crippen molar-refractivity contribution in [3.8, 4) is 6.07 Å². The molecule has 124 valence electrons. The zero-order valence-corrected chi connectivity index (χ0v) is 15.6. The second-order valence-corrected chi connectivity index (χ2v) is 6.70. The van der Waals surface area contributed by atoms with Crippen molar-refractivity contribution >= 4 is 39.1 Å². The molecule has 0 aliphatic heterocycles. The van der Waals surface area contributed by atoms with Gasteiger partial charge in [-0.25, -0.2) is 0 Å². The summed E-state index contributed by atoms with van der Waals surface area (Å²) in [5.41, 5.74) is 2.17. The second-order valence-electron chi connectivity index (χ2n) is 5.43. The fourth-order valence-corrected chi connectivity index (χ4v) is 2.83. The van der Waals surface area contributed by atoms with Gasteiger partial charge < -0.3 is 10.2 Å². The maximum atomic E-state index is 12.0. The molecule has 0 unspecified atom stereocenters. The molecule has 0 spiro atoms. The number of nitriles is 1. The molecule has 0 aliphatic rings. The molecule has 1 amide bonds. The quantitative estimate of drug-likeness (QED) is 0.772. The molecule has 2 rings (SSSR count). The van der Waals surface area contributed by atoms with Gasteiger partial charge in [0.2, 0.25) is 5.91 Å². The van der Waals surface area contributed by atoms with Crippen LogP contribution in [-0.2, 0) is 11.3 Å². The van der Waals surface area contributed by atoms with Gasteiger partial charge in [0, 0.05) is 29.7 Å². The van der Waals surface area contributed by atoms with Crippen LogP contribution in [0.1, 0.15) is 17.5 Å². The smallest absolute Gasteiger partial charge is 0.225 e. The number of amides is 1. The van der Waals surface area contributed by atoms with Gasteiger partial charge in [-0.3, -0.25) is 4.79 Å². The number of carbonyl (C=O) groups is 1. The van der Waals surface area contributed by atoms with Gasteiger partial charge in [0.15, 0.2) is 0 Å². The van der Waals surface area contributed by atoms with Crippen molar-refractivity contribution in [2.24, 2.45) is 0 Å². The molecule has 0 saturated heterocycles. The standard InChI is InChI=1S/C18H17BrClN3O/c1-23(12-14-4-2-3-5-16(14)19)9-8-18(24)22-15-7-6-13(11-21)17(20)10-15/h2-7,10H,8-9,12H2,1H3,(H,22,24). The van der Waals surface area contributed by atoms with Gasteiger partial charge in [-0.05, 0) is 36.9 Å². The van der Waals surface area contributed by atoms with Gasteiger partial charge in [0.05, 0.1) is 10.6 Å². The third-order valence-electron chi connectivity index (χ3n) is 3.49. The Morgan fingerprint density at radius 1 is 1.33 bits per heavy atom. The Hall–Kier alpha value is -1.87. The highest BCUT2D eigenvalue weighted by molar-refractivity contribution is 9.10. The maximum Gasteiger partial charge on any atom is 0.225 e. The molecule has 0 aromatic heterocycles. The molecule has 6 heteroatoms. The van der Waals surface area contributed by atoms with Crippen molar-refractivity contribution < 1.29 is 4.79 Å². The van der Waals surface area contributed by atoms with Crippen LogP contribution < -0.4 is 5.32 Å². The Morgan fingerprint density at radius 3 is 2.75 bits per heavy atom. The summed E-state index contributed by atoms with van der Waals surface area (Å²) in [6.07, 6.45) is 0.374. The zero-order chi connectivity index (χ0) is 17.5. The number of benzene rings is 2. The monoisotopic (exact) mass is 405 g/mol. The summed E-state index contributed by atoms with van der Waals surface area (Å²) < 4.78 is 1.06. The Kier molecular flexibility index (Phi) is 6.80. The Balaban J connectivity index is 1.84. The molecule has 0 atom stereocenters. The molecule has 0 aliphatic carbocycles. The molecule has 0 radical (unpaired) electrons. The lowest BCUT2D eigenvalue weighted by Crippen LogP contribution is -2.24. The van der Waals surface area contributed by atoms with E-state index in [1.165, 1.54) is 5.56 Å². The largest absolute Gasteiger partial charge is 0.326 e. The van der Waals surface area contributed by atoms with Crippen LogP contribution >= 0.6 is 27.5 Å². The van der Waals surface area contributed by atoms with Crippen molar-refractivity contribution in [2.45, 2.75) is 13.0 Å². The fraction of sp³-hybridized carbons (Fsp3) is 0.222. The molecule has 1 N–H and O–H groups in total. The average Bonchev–Trinajstić information content (AvgIpc) is 2.55. The number of nitrogens with zero attached hydrogens (tertiary/aromatic N) is 2. The number of anilines is 1. The van der Waals surface area contributed by atoms with Crippen molar-refractivity contribution in [1.82, 2.24) is 4.90 Å². The van der Waals surface area contributed by atoms with Crippen LogP contribution in [0.25, 0.3) is 0 Å². The third-order valence-corrected chi connectivity index (χ3v) is 4.58. The molecule has 0 fully saturated rings. The summed E-state index contributed by atoms with van der Waals surface area (Å²) in [4.78, 5) is 14.1. The van der Waals surface area contributed by atoms with Crippen LogP contribution in [0.5, 0.6) is 0 Å². The summed E-state index contributed by atoms with van der Waals surface area (Å²) >= 11 is 9.49. The predicted octanol–water partition coefficient (Wildman–Crippen LogP) is 4.43. The summed E-state index contributed by atoms with van der Waals surface area (Å²) in [6.45, 7) is 1.40. The van der Waals surface area contributed by atoms with Crippen molar-refractivity contribution in [3.05, 3.63) is 63.1 Å². The third kappa shape index (κ3) is 5.34. The molecule has 0 heterocycles. The first-order valence-electron chi connectivity index (χ1n) is 7.41. The average molecular weight is 407 g/mol. The lowest BCUT2D eigenvalue weighted by molar-refractivity contribution is -0.116.